The van der Waals surface area contributed by atoms with Crippen LogP contribution >= 0.6 is 11.3 Å². The lowest BCUT2D eigenvalue weighted by Gasteiger charge is -2.18. The monoisotopic (exact) mass is 221 g/mol. The Kier molecular flexibility index (Phi) is 3.18. The molecular weight excluding hydrogens is 206 g/mol. The third-order valence-corrected chi connectivity index (χ3v) is 3.30. The van der Waals surface area contributed by atoms with Gasteiger partial charge >= 0.3 is 0 Å². The third kappa shape index (κ3) is 2.11. The van der Waals surface area contributed by atoms with Gasteiger partial charge in [0.05, 0.1) is 0 Å². The molecule has 3 nitrogen and oxygen atoms in total. The van der Waals surface area contributed by atoms with Crippen LogP contribution in [-0.2, 0) is 0 Å². The average Bonchev–Trinajstić information content (AvgIpc) is 2.73. The van der Waals surface area contributed by atoms with Crippen LogP contribution in [0.1, 0.15) is 6.42 Å². The Morgan fingerprint density at radius 2 is 2.33 bits per heavy atom. The summed E-state index contributed by atoms with van der Waals surface area (Å²) in [6.07, 6.45) is 2.87. The van der Waals surface area contributed by atoms with Crippen molar-refractivity contribution in [3.8, 4) is 0 Å². The molecular formula is C11H15N3S. The number of thiophene rings is 1. The van der Waals surface area contributed by atoms with Gasteiger partial charge < -0.3 is 10.6 Å². The summed E-state index contributed by atoms with van der Waals surface area (Å²) in [4.78, 5) is 6.59. The number of nitrogens with two attached hydrogens (primary N) is 1. The van der Waals surface area contributed by atoms with E-state index in [0.717, 1.165) is 25.3 Å². The van der Waals surface area contributed by atoms with Gasteiger partial charge in [-0.25, -0.2) is 4.98 Å². The minimum Gasteiger partial charge on any atom is -0.359 e. The van der Waals surface area contributed by atoms with Crippen molar-refractivity contribution < 1.29 is 0 Å². The Hall–Kier alpha value is -1.13. The van der Waals surface area contributed by atoms with Crippen molar-refractivity contribution in [2.75, 3.05) is 25.0 Å². The second-order valence-corrected chi connectivity index (χ2v) is 4.48. The van der Waals surface area contributed by atoms with Crippen molar-refractivity contribution in [3.63, 3.8) is 0 Å². The van der Waals surface area contributed by atoms with Crippen molar-refractivity contribution in [1.82, 2.24) is 4.98 Å². The number of aromatic nitrogens is 1. The maximum absolute atomic E-state index is 5.50. The van der Waals surface area contributed by atoms with Crippen molar-refractivity contribution >= 4 is 27.2 Å². The lowest BCUT2D eigenvalue weighted by Crippen LogP contribution is -2.22. The maximum Gasteiger partial charge on any atom is 0.136 e. The van der Waals surface area contributed by atoms with E-state index in [1.165, 1.54) is 10.1 Å². The molecule has 2 heterocycles. The van der Waals surface area contributed by atoms with E-state index in [1.807, 2.05) is 6.20 Å². The molecule has 0 aliphatic heterocycles. The van der Waals surface area contributed by atoms with Crippen LogP contribution in [0.2, 0.25) is 0 Å². The Labute approximate surface area is 93.5 Å². The van der Waals surface area contributed by atoms with E-state index in [2.05, 4.69) is 34.4 Å². The van der Waals surface area contributed by atoms with E-state index >= 15 is 0 Å². The standard InChI is InChI=1S/C11H15N3S/c1-14(7-2-5-12)11-9-4-8-15-10(9)3-6-13-11/h3-4,6,8H,2,5,7,12H2,1H3. The molecule has 0 aromatic carbocycles. The van der Waals surface area contributed by atoms with Gasteiger partial charge in [-0.15, -0.1) is 11.3 Å². The van der Waals surface area contributed by atoms with Crippen LogP contribution in [0.4, 0.5) is 5.82 Å². The summed E-state index contributed by atoms with van der Waals surface area (Å²) in [5.41, 5.74) is 5.50. The van der Waals surface area contributed by atoms with Gasteiger partial charge in [0.2, 0.25) is 0 Å². The number of anilines is 1. The second kappa shape index (κ2) is 4.59. The summed E-state index contributed by atoms with van der Waals surface area (Å²) in [6, 6.07) is 4.18. The largest absolute Gasteiger partial charge is 0.359 e. The van der Waals surface area contributed by atoms with Gasteiger partial charge in [0.25, 0.3) is 0 Å². The minimum atomic E-state index is 0.726. The van der Waals surface area contributed by atoms with Crippen LogP contribution in [0.25, 0.3) is 10.1 Å². The number of hydrogen-bond acceptors (Lipinski definition) is 4. The molecule has 0 saturated heterocycles. The second-order valence-electron chi connectivity index (χ2n) is 3.53. The topological polar surface area (TPSA) is 42.1 Å². The smallest absolute Gasteiger partial charge is 0.136 e. The zero-order chi connectivity index (χ0) is 10.7. The van der Waals surface area contributed by atoms with Gasteiger partial charge in [0.15, 0.2) is 0 Å². The predicted molar refractivity (Wildman–Crippen MR) is 66.6 cm³/mol. The van der Waals surface area contributed by atoms with E-state index in [1.54, 1.807) is 11.3 Å². The molecule has 0 unspecified atom stereocenters. The molecule has 2 aromatic heterocycles. The summed E-state index contributed by atoms with van der Waals surface area (Å²) in [7, 11) is 2.06. The molecule has 0 aliphatic rings. The lowest BCUT2D eigenvalue weighted by atomic mass is 10.3. The van der Waals surface area contributed by atoms with Gasteiger partial charge in [-0.1, -0.05) is 0 Å². The zero-order valence-corrected chi connectivity index (χ0v) is 9.63. The van der Waals surface area contributed by atoms with Crippen LogP contribution < -0.4 is 10.6 Å². The summed E-state index contributed by atoms with van der Waals surface area (Å²) in [6.45, 7) is 1.68. The van der Waals surface area contributed by atoms with Gasteiger partial charge in [-0.05, 0) is 30.5 Å². The minimum absolute atomic E-state index is 0.726. The van der Waals surface area contributed by atoms with Crippen molar-refractivity contribution in [2.45, 2.75) is 6.42 Å². The van der Waals surface area contributed by atoms with Crippen LogP contribution in [0.3, 0.4) is 0 Å². The molecule has 0 radical (unpaired) electrons. The quantitative estimate of drug-likeness (QED) is 0.859. The summed E-state index contributed by atoms with van der Waals surface area (Å²) >= 11 is 1.75. The first kappa shape index (κ1) is 10.4. The Bertz CT molecular complexity index is 438. The van der Waals surface area contributed by atoms with Crippen molar-refractivity contribution in [1.29, 1.82) is 0 Å². The lowest BCUT2D eigenvalue weighted by molar-refractivity contribution is 0.789. The Morgan fingerprint density at radius 1 is 1.47 bits per heavy atom. The van der Waals surface area contributed by atoms with Gasteiger partial charge in [0, 0.05) is 29.9 Å². The molecule has 80 valence electrons. The number of fused-ring (bicyclic) bond motifs is 1. The number of rotatable bonds is 4. The highest BCUT2D eigenvalue weighted by Crippen LogP contribution is 2.27. The van der Waals surface area contributed by atoms with Gasteiger partial charge in [0.1, 0.15) is 5.82 Å². The molecule has 0 atom stereocenters. The molecule has 2 aromatic rings. The zero-order valence-electron chi connectivity index (χ0n) is 8.81. The molecule has 2 N–H and O–H groups in total. The third-order valence-electron chi connectivity index (χ3n) is 2.42. The average molecular weight is 221 g/mol. The first-order valence-corrected chi connectivity index (χ1v) is 5.94. The van der Waals surface area contributed by atoms with Crippen LogP contribution in [-0.4, -0.2) is 25.1 Å². The van der Waals surface area contributed by atoms with E-state index in [-0.39, 0.29) is 0 Å². The van der Waals surface area contributed by atoms with Crippen LogP contribution in [0, 0.1) is 0 Å². The van der Waals surface area contributed by atoms with E-state index in [0.29, 0.717) is 0 Å². The normalized spacial score (nSPS) is 10.8. The molecule has 0 bridgehead atoms. The number of nitrogens with zero attached hydrogens (tertiary/aromatic N) is 2. The van der Waals surface area contributed by atoms with Crippen molar-refractivity contribution in [2.24, 2.45) is 5.73 Å². The predicted octanol–water partition coefficient (Wildman–Crippen LogP) is 2.08. The Morgan fingerprint density at radius 3 is 3.13 bits per heavy atom. The molecule has 4 heteroatoms. The highest BCUT2D eigenvalue weighted by Gasteiger charge is 2.07. The SMILES string of the molecule is CN(CCCN)c1nccc2sccc12. The van der Waals surface area contributed by atoms with Crippen LogP contribution in [0.5, 0.6) is 0 Å². The first-order chi connectivity index (χ1) is 7.33. The van der Waals surface area contributed by atoms with Crippen molar-refractivity contribution in [3.05, 3.63) is 23.7 Å². The summed E-state index contributed by atoms with van der Waals surface area (Å²) in [5, 5.41) is 3.34. The maximum atomic E-state index is 5.50. The molecule has 15 heavy (non-hydrogen) atoms. The molecule has 0 saturated carbocycles. The summed E-state index contributed by atoms with van der Waals surface area (Å²) in [5.74, 6) is 1.06. The molecule has 2 rings (SSSR count). The first-order valence-electron chi connectivity index (χ1n) is 5.06. The molecule has 0 fully saturated rings. The fourth-order valence-electron chi connectivity index (χ4n) is 1.62. The molecule has 0 amide bonds. The highest BCUT2D eigenvalue weighted by molar-refractivity contribution is 7.17. The highest BCUT2D eigenvalue weighted by atomic mass is 32.1. The fraction of sp³-hybridized carbons (Fsp3) is 0.364. The Balaban J connectivity index is 2.29. The van der Waals surface area contributed by atoms with E-state index < -0.39 is 0 Å². The molecule has 0 aliphatic carbocycles. The van der Waals surface area contributed by atoms with Gasteiger partial charge in [-0.3, -0.25) is 0 Å². The van der Waals surface area contributed by atoms with E-state index in [4.69, 9.17) is 5.73 Å². The van der Waals surface area contributed by atoms with Gasteiger partial charge in [-0.2, -0.15) is 0 Å². The number of pyridine rings is 1. The molecule has 0 spiro atoms. The van der Waals surface area contributed by atoms with E-state index in [9.17, 15) is 0 Å². The number of hydrogen-bond donors (Lipinski definition) is 1. The van der Waals surface area contributed by atoms with Crippen LogP contribution in [0.15, 0.2) is 23.7 Å². The fourth-order valence-corrected chi connectivity index (χ4v) is 2.39. The summed E-state index contributed by atoms with van der Waals surface area (Å²) < 4.78 is 1.29.